The number of nitrogens with zero attached hydrogens (tertiary/aromatic N) is 1. The van der Waals surface area contributed by atoms with E-state index in [1.54, 1.807) is 36.4 Å². The van der Waals surface area contributed by atoms with Crippen LogP contribution < -0.4 is 10.9 Å². The number of hydrogen-bond donors (Lipinski definition) is 3. The predicted octanol–water partition coefficient (Wildman–Crippen LogP) is 2.33. The molecule has 0 atom stereocenters. The van der Waals surface area contributed by atoms with Gasteiger partial charge in [-0.05, 0) is 30.2 Å². The second-order valence-electron chi connectivity index (χ2n) is 5.52. The van der Waals surface area contributed by atoms with Crippen LogP contribution in [0.2, 0.25) is 0 Å². The lowest BCUT2D eigenvalue weighted by molar-refractivity contribution is -0.121. The average Bonchev–Trinajstić information content (AvgIpc) is 2.65. The van der Waals surface area contributed by atoms with Gasteiger partial charge in [-0.2, -0.15) is 0 Å². The van der Waals surface area contributed by atoms with Gasteiger partial charge < -0.3 is 5.11 Å². The fourth-order valence-electron chi connectivity index (χ4n) is 2.42. The SMILES string of the molecule is O=C(CCc1ccccc1O)NNC(=O)c1ccc2ccccc2n1. The van der Waals surface area contributed by atoms with Crippen molar-refractivity contribution in [2.45, 2.75) is 12.8 Å². The van der Waals surface area contributed by atoms with Crippen molar-refractivity contribution in [3.05, 3.63) is 71.9 Å². The number of amides is 2. The molecule has 3 aromatic rings. The molecular weight excluding hydrogens is 318 g/mol. The number of pyridine rings is 1. The zero-order chi connectivity index (χ0) is 17.6. The Morgan fingerprint density at radius 2 is 1.68 bits per heavy atom. The van der Waals surface area contributed by atoms with Crippen LogP contribution in [0.25, 0.3) is 10.9 Å². The van der Waals surface area contributed by atoms with E-state index in [1.807, 2.05) is 24.3 Å². The summed E-state index contributed by atoms with van der Waals surface area (Å²) in [4.78, 5) is 28.2. The molecule has 0 saturated heterocycles. The molecule has 6 nitrogen and oxygen atoms in total. The number of benzene rings is 2. The third-order valence-electron chi connectivity index (χ3n) is 3.76. The van der Waals surface area contributed by atoms with E-state index in [0.29, 0.717) is 17.5 Å². The van der Waals surface area contributed by atoms with Crippen molar-refractivity contribution in [3.63, 3.8) is 0 Å². The number of aromatic hydroxyl groups is 1. The van der Waals surface area contributed by atoms with E-state index in [-0.39, 0.29) is 23.8 Å². The molecular formula is C19H17N3O3. The number of aromatic nitrogens is 1. The summed E-state index contributed by atoms with van der Waals surface area (Å²) in [5.41, 5.74) is 6.32. The highest BCUT2D eigenvalue weighted by Crippen LogP contribution is 2.17. The lowest BCUT2D eigenvalue weighted by Gasteiger charge is -2.08. The fourth-order valence-corrected chi connectivity index (χ4v) is 2.42. The third-order valence-corrected chi connectivity index (χ3v) is 3.76. The summed E-state index contributed by atoms with van der Waals surface area (Å²) in [6.45, 7) is 0. The molecule has 0 bridgehead atoms. The van der Waals surface area contributed by atoms with Gasteiger partial charge in [-0.1, -0.05) is 42.5 Å². The predicted molar refractivity (Wildman–Crippen MR) is 93.8 cm³/mol. The van der Waals surface area contributed by atoms with E-state index >= 15 is 0 Å². The summed E-state index contributed by atoms with van der Waals surface area (Å²) < 4.78 is 0. The summed E-state index contributed by atoms with van der Waals surface area (Å²) in [6.07, 6.45) is 0.519. The van der Waals surface area contributed by atoms with Crippen LogP contribution >= 0.6 is 0 Å². The summed E-state index contributed by atoms with van der Waals surface area (Å²) in [6, 6.07) is 17.7. The molecule has 0 radical (unpaired) electrons. The molecule has 2 aromatic carbocycles. The van der Waals surface area contributed by atoms with Crippen molar-refractivity contribution in [3.8, 4) is 5.75 Å². The second kappa shape index (κ2) is 7.44. The highest BCUT2D eigenvalue weighted by molar-refractivity contribution is 5.95. The maximum absolute atomic E-state index is 12.1. The number of nitrogens with one attached hydrogen (secondary N) is 2. The summed E-state index contributed by atoms with van der Waals surface area (Å²) in [7, 11) is 0. The molecule has 25 heavy (non-hydrogen) atoms. The molecule has 6 heteroatoms. The van der Waals surface area contributed by atoms with Crippen molar-refractivity contribution in [1.82, 2.24) is 15.8 Å². The lowest BCUT2D eigenvalue weighted by Crippen LogP contribution is -2.42. The van der Waals surface area contributed by atoms with Crippen LogP contribution in [0.5, 0.6) is 5.75 Å². The molecule has 3 rings (SSSR count). The van der Waals surface area contributed by atoms with Gasteiger partial charge in [0, 0.05) is 11.8 Å². The van der Waals surface area contributed by atoms with Gasteiger partial charge >= 0.3 is 0 Å². The number of fused-ring (bicyclic) bond motifs is 1. The quantitative estimate of drug-likeness (QED) is 0.638. The molecule has 1 heterocycles. The van der Waals surface area contributed by atoms with Crippen molar-refractivity contribution >= 4 is 22.7 Å². The number of phenolic OH excluding ortho intramolecular Hbond substituents is 1. The normalized spacial score (nSPS) is 10.4. The van der Waals surface area contributed by atoms with Crippen LogP contribution in [0, 0.1) is 0 Å². The van der Waals surface area contributed by atoms with E-state index in [2.05, 4.69) is 15.8 Å². The Balaban J connectivity index is 1.54. The Bertz CT molecular complexity index is 924. The van der Waals surface area contributed by atoms with Crippen molar-refractivity contribution in [2.75, 3.05) is 0 Å². The van der Waals surface area contributed by atoms with Gasteiger partial charge in [-0.3, -0.25) is 20.4 Å². The van der Waals surface area contributed by atoms with Gasteiger partial charge in [0.05, 0.1) is 5.52 Å². The van der Waals surface area contributed by atoms with Gasteiger partial charge in [0.25, 0.3) is 5.91 Å². The van der Waals surface area contributed by atoms with Gasteiger partial charge in [-0.25, -0.2) is 4.98 Å². The fraction of sp³-hybridized carbons (Fsp3) is 0.105. The van der Waals surface area contributed by atoms with E-state index < -0.39 is 5.91 Å². The molecule has 0 spiro atoms. The number of rotatable bonds is 4. The molecule has 0 aliphatic heterocycles. The van der Waals surface area contributed by atoms with Crippen molar-refractivity contribution < 1.29 is 14.7 Å². The third kappa shape index (κ3) is 4.11. The first-order valence-electron chi connectivity index (χ1n) is 7.85. The minimum atomic E-state index is -0.485. The van der Waals surface area contributed by atoms with Gasteiger partial charge in [0.1, 0.15) is 11.4 Å². The monoisotopic (exact) mass is 335 g/mol. The Labute approximate surface area is 144 Å². The minimum Gasteiger partial charge on any atom is -0.508 e. The van der Waals surface area contributed by atoms with Crippen LogP contribution in [-0.2, 0) is 11.2 Å². The van der Waals surface area contributed by atoms with Crippen LogP contribution in [0.4, 0.5) is 0 Å². The molecule has 1 aromatic heterocycles. The first kappa shape index (κ1) is 16.4. The van der Waals surface area contributed by atoms with Gasteiger partial charge in [0.2, 0.25) is 5.91 Å². The number of hydrazine groups is 1. The van der Waals surface area contributed by atoms with Crippen LogP contribution in [0.1, 0.15) is 22.5 Å². The Morgan fingerprint density at radius 3 is 2.52 bits per heavy atom. The summed E-state index contributed by atoms with van der Waals surface area (Å²) in [5, 5.41) is 10.6. The Kier molecular flexibility index (Phi) is 4.89. The molecule has 0 aliphatic carbocycles. The zero-order valence-corrected chi connectivity index (χ0v) is 13.4. The Morgan fingerprint density at radius 1 is 0.920 bits per heavy atom. The summed E-state index contributed by atoms with van der Waals surface area (Å²) >= 11 is 0. The van der Waals surface area contributed by atoms with Crippen LogP contribution in [0.3, 0.4) is 0 Å². The highest BCUT2D eigenvalue weighted by Gasteiger charge is 2.10. The highest BCUT2D eigenvalue weighted by atomic mass is 16.3. The van der Waals surface area contributed by atoms with Crippen LogP contribution in [-0.4, -0.2) is 21.9 Å². The van der Waals surface area contributed by atoms with Gasteiger partial charge in [-0.15, -0.1) is 0 Å². The number of hydrogen-bond acceptors (Lipinski definition) is 4. The lowest BCUT2D eigenvalue weighted by atomic mass is 10.1. The minimum absolute atomic E-state index is 0.142. The van der Waals surface area contributed by atoms with Crippen LogP contribution in [0.15, 0.2) is 60.7 Å². The first-order valence-corrected chi connectivity index (χ1v) is 7.85. The smallest absolute Gasteiger partial charge is 0.288 e. The van der Waals surface area contributed by atoms with E-state index in [9.17, 15) is 14.7 Å². The van der Waals surface area contributed by atoms with E-state index in [0.717, 1.165) is 5.39 Å². The maximum Gasteiger partial charge on any atom is 0.288 e. The number of phenols is 1. The zero-order valence-electron chi connectivity index (χ0n) is 13.4. The molecule has 126 valence electrons. The number of carbonyl (C=O) groups is 2. The topological polar surface area (TPSA) is 91.3 Å². The average molecular weight is 335 g/mol. The molecule has 3 N–H and O–H groups in total. The molecule has 2 amide bonds. The van der Waals surface area contributed by atoms with Crippen molar-refractivity contribution in [2.24, 2.45) is 0 Å². The largest absolute Gasteiger partial charge is 0.508 e. The van der Waals surface area contributed by atoms with E-state index in [4.69, 9.17) is 0 Å². The molecule has 0 saturated carbocycles. The Hall–Kier alpha value is -3.41. The maximum atomic E-state index is 12.1. The van der Waals surface area contributed by atoms with E-state index in [1.165, 1.54) is 0 Å². The van der Waals surface area contributed by atoms with Crippen molar-refractivity contribution in [1.29, 1.82) is 0 Å². The number of carbonyl (C=O) groups excluding carboxylic acids is 2. The number of aryl methyl sites for hydroxylation is 1. The second-order valence-corrected chi connectivity index (χ2v) is 5.52. The molecule has 0 aliphatic rings. The number of para-hydroxylation sites is 2. The summed E-state index contributed by atoms with van der Waals surface area (Å²) in [5.74, 6) is -0.682. The first-order chi connectivity index (χ1) is 12.1. The molecule has 0 fully saturated rings. The molecule has 0 unspecified atom stereocenters. The van der Waals surface area contributed by atoms with Gasteiger partial charge in [0.15, 0.2) is 0 Å². The standard InChI is InChI=1S/C19H17N3O3/c23-17-8-4-2-6-14(17)10-12-18(24)21-22-19(25)16-11-9-13-5-1-3-7-15(13)20-16/h1-9,11,23H,10,12H2,(H,21,24)(H,22,25).